The summed E-state index contributed by atoms with van der Waals surface area (Å²) in [4.78, 5) is 17.3. The number of halogens is 1. The predicted molar refractivity (Wildman–Crippen MR) is 111 cm³/mol. The van der Waals surface area contributed by atoms with Crippen LogP contribution in [0.3, 0.4) is 0 Å². The van der Waals surface area contributed by atoms with Gasteiger partial charge in [0.05, 0.1) is 11.6 Å². The first-order chi connectivity index (χ1) is 14.5. The van der Waals surface area contributed by atoms with Crippen LogP contribution in [-0.2, 0) is 6.61 Å². The van der Waals surface area contributed by atoms with Gasteiger partial charge >= 0.3 is 6.09 Å². The molecule has 1 aromatic heterocycles. The molecule has 1 aromatic carbocycles. The number of aliphatic hydroxyl groups is 1. The van der Waals surface area contributed by atoms with Crippen molar-refractivity contribution in [1.29, 1.82) is 5.26 Å². The fourth-order valence-electron chi connectivity index (χ4n) is 3.87. The Balaban J connectivity index is 1.77. The summed E-state index contributed by atoms with van der Waals surface area (Å²) in [6.45, 7) is 5.58. The van der Waals surface area contributed by atoms with Gasteiger partial charge in [-0.2, -0.15) is 5.26 Å². The van der Waals surface area contributed by atoms with Gasteiger partial charge in [-0.25, -0.2) is 14.2 Å². The van der Waals surface area contributed by atoms with Crippen molar-refractivity contribution in [3.8, 4) is 11.9 Å². The highest BCUT2D eigenvalue weighted by atomic mass is 19.1. The van der Waals surface area contributed by atoms with Crippen LogP contribution >= 0.6 is 0 Å². The van der Waals surface area contributed by atoms with E-state index >= 15 is 0 Å². The second-order valence-electron chi connectivity index (χ2n) is 8.80. The van der Waals surface area contributed by atoms with E-state index in [0.717, 1.165) is 11.0 Å². The van der Waals surface area contributed by atoms with E-state index in [1.54, 1.807) is 12.1 Å². The maximum Gasteiger partial charge on any atom is 0.409 e. The molecule has 1 aliphatic rings. The minimum Gasteiger partial charge on any atom is -0.473 e. The molecule has 3 rings (SSSR count). The summed E-state index contributed by atoms with van der Waals surface area (Å²) in [5, 5.41) is 29.7. The van der Waals surface area contributed by atoms with Gasteiger partial charge in [0.15, 0.2) is 0 Å². The molecular weight excluding hydrogens is 401 g/mol. The number of pyridine rings is 1. The Kier molecular flexibility index (Phi) is 6.18. The zero-order valence-electron chi connectivity index (χ0n) is 17.8. The van der Waals surface area contributed by atoms with Gasteiger partial charge in [0.2, 0.25) is 5.88 Å². The van der Waals surface area contributed by atoms with Gasteiger partial charge in [-0.3, -0.25) is 4.90 Å². The van der Waals surface area contributed by atoms with E-state index in [1.165, 1.54) is 12.1 Å². The molecule has 0 aliphatic carbocycles. The first-order valence-electron chi connectivity index (χ1n) is 10.1. The number of hydrogen-bond donors (Lipinski definition) is 2. The third kappa shape index (κ3) is 4.62. The Morgan fingerprint density at radius 3 is 2.74 bits per heavy atom. The first-order valence-corrected chi connectivity index (χ1v) is 10.1. The van der Waals surface area contributed by atoms with Gasteiger partial charge in [0, 0.05) is 41.6 Å². The predicted octanol–water partition coefficient (Wildman–Crippen LogP) is 4.26. The molecule has 0 radical (unpaired) electrons. The number of rotatable bonds is 4. The Bertz CT molecular complexity index is 1010. The summed E-state index contributed by atoms with van der Waals surface area (Å²) < 4.78 is 19.7. The number of carboxylic acid groups (broad SMARTS) is 1. The number of hydrogen-bond acceptors (Lipinski definition) is 5. The van der Waals surface area contributed by atoms with Gasteiger partial charge in [-0.1, -0.05) is 32.9 Å². The summed E-state index contributed by atoms with van der Waals surface area (Å²) in [5.41, 5.74) is -0.994. The Labute approximate surface area is 180 Å². The van der Waals surface area contributed by atoms with Crippen LogP contribution in [0.4, 0.5) is 9.18 Å². The molecule has 0 bridgehead atoms. The maximum atomic E-state index is 14.1. The van der Waals surface area contributed by atoms with Crippen LogP contribution in [0.5, 0.6) is 5.88 Å². The van der Waals surface area contributed by atoms with E-state index in [0.29, 0.717) is 23.6 Å². The van der Waals surface area contributed by atoms with Crippen LogP contribution in [0.25, 0.3) is 0 Å². The SMILES string of the molecule is CC(C)(C)C1(O)CC(c2cccc(OCc3ccc(C#N)cc3F)n2)CCN1C(=O)O. The monoisotopic (exact) mass is 427 g/mol. The molecule has 0 saturated carbocycles. The third-order valence-corrected chi connectivity index (χ3v) is 5.83. The minimum absolute atomic E-state index is 0.0443. The van der Waals surface area contributed by atoms with Crippen LogP contribution in [0, 0.1) is 22.6 Å². The number of ether oxygens (including phenoxy) is 1. The molecule has 1 aliphatic heterocycles. The molecule has 1 amide bonds. The third-order valence-electron chi connectivity index (χ3n) is 5.83. The average molecular weight is 427 g/mol. The first kappa shape index (κ1) is 22.5. The highest BCUT2D eigenvalue weighted by molar-refractivity contribution is 5.66. The van der Waals surface area contributed by atoms with Gasteiger partial charge in [-0.05, 0) is 24.6 Å². The van der Waals surface area contributed by atoms with Gasteiger partial charge in [0.25, 0.3) is 0 Å². The normalized spacial score (nSPS) is 21.4. The zero-order valence-corrected chi connectivity index (χ0v) is 17.8. The number of carbonyl (C=O) groups is 1. The van der Waals surface area contributed by atoms with Crippen molar-refractivity contribution in [2.24, 2.45) is 5.41 Å². The molecule has 31 heavy (non-hydrogen) atoms. The number of likely N-dealkylation sites (tertiary alicyclic amines) is 1. The lowest BCUT2D eigenvalue weighted by molar-refractivity contribution is -0.184. The van der Waals surface area contributed by atoms with Gasteiger partial charge in [-0.15, -0.1) is 0 Å². The Hall–Kier alpha value is -3.18. The van der Waals surface area contributed by atoms with Crippen LogP contribution in [0.1, 0.15) is 56.4 Å². The molecular formula is C23H26FN3O4. The van der Waals surface area contributed by atoms with Gasteiger partial charge in [0.1, 0.15) is 18.1 Å². The molecule has 0 spiro atoms. The Morgan fingerprint density at radius 2 is 2.13 bits per heavy atom. The largest absolute Gasteiger partial charge is 0.473 e. The van der Waals surface area contributed by atoms with Crippen LogP contribution < -0.4 is 4.74 Å². The smallest absolute Gasteiger partial charge is 0.409 e. The standard InChI is InChI=1S/C23H26FN3O4/c1-22(2,3)23(30)12-16(9-10-27(23)21(28)29)19-5-4-6-20(26-19)31-14-17-8-7-15(13-25)11-18(17)24/h4-8,11,16,30H,9-10,12,14H2,1-3H3,(H,28,29). The number of benzene rings is 1. The molecule has 8 heteroatoms. The van der Waals surface area contributed by atoms with Crippen molar-refractivity contribution in [3.63, 3.8) is 0 Å². The lowest BCUT2D eigenvalue weighted by Crippen LogP contribution is -2.62. The average Bonchev–Trinajstić information content (AvgIpc) is 2.72. The van der Waals surface area contributed by atoms with E-state index in [2.05, 4.69) is 4.98 Å². The summed E-state index contributed by atoms with van der Waals surface area (Å²) in [6, 6.07) is 11.3. The van der Waals surface area contributed by atoms with E-state index in [4.69, 9.17) is 10.00 Å². The van der Waals surface area contributed by atoms with Crippen molar-refractivity contribution in [2.45, 2.75) is 51.9 Å². The molecule has 2 atom stereocenters. The molecule has 2 unspecified atom stereocenters. The van der Waals surface area contributed by atoms with E-state index in [1.807, 2.05) is 32.9 Å². The molecule has 1 saturated heterocycles. The van der Waals surface area contributed by atoms with Crippen molar-refractivity contribution in [2.75, 3.05) is 6.54 Å². The second-order valence-corrected chi connectivity index (χ2v) is 8.80. The summed E-state index contributed by atoms with van der Waals surface area (Å²) >= 11 is 0. The summed E-state index contributed by atoms with van der Waals surface area (Å²) in [7, 11) is 0. The van der Waals surface area contributed by atoms with E-state index in [9.17, 15) is 19.4 Å². The lowest BCUT2D eigenvalue weighted by atomic mass is 9.73. The zero-order chi connectivity index (χ0) is 22.8. The van der Waals surface area contributed by atoms with Crippen molar-refractivity contribution < 1.29 is 24.1 Å². The number of amides is 1. The second kappa shape index (κ2) is 8.52. The quantitative estimate of drug-likeness (QED) is 0.755. The number of nitrogens with zero attached hydrogens (tertiary/aromatic N) is 3. The lowest BCUT2D eigenvalue weighted by Gasteiger charge is -2.51. The number of nitriles is 1. The molecule has 7 nitrogen and oxygen atoms in total. The van der Waals surface area contributed by atoms with Crippen molar-refractivity contribution in [3.05, 3.63) is 59.0 Å². The molecule has 2 aromatic rings. The summed E-state index contributed by atoms with van der Waals surface area (Å²) in [6.07, 6.45) is -0.417. The summed E-state index contributed by atoms with van der Waals surface area (Å²) in [5.74, 6) is -0.372. The van der Waals surface area contributed by atoms with Crippen molar-refractivity contribution in [1.82, 2.24) is 9.88 Å². The minimum atomic E-state index is -1.54. The van der Waals surface area contributed by atoms with Crippen LogP contribution in [0.15, 0.2) is 36.4 Å². The molecule has 1 fully saturated rings. The number of aromatic nitrogens is 1. The highest BCUT2D eigenvalue weighted by Crippen LogP contribution is 2.45. The fraction of sp³-hybridized carbons (Fsp3) is 0.435. The van der Waals surface area contributed by atoms with E-state index in [-0.39, 0.29) is 31.1 Å². The molecule has 2 N–H and O–H groups in total. The fourth-order valence-corrected chi connectivity index (χ4v) is 3.87. The van der Waals surface area contributed by atoms with Gasteiger partial charge < -0.3 is 14.9 Å². The highest BCUT2D eigenvalue weighted by Gasteiger charge is 2.51. The number of piperidine rings is 1. The van der Waals surface area contributed by atoms with E-state index < -0.39 is 23.1 Å². The topological polar surface area (TPSA) is 107 Å². The van der Waals surface area contributed by atoms with Crippen LogP contribution in [0.2, 0.25) is 0 Å². The van der Waals surface area contributed by atoms with Crippen molar-refractivity contribution >= 4 is 6.09 Å². The molecule has 2 heterocycles. The molecule has 164 valence electrons. The maximum absolute atomic E-state index is 14.1. The Morgan fingerprint density at radius 1 is 1.39 bits per heavy atom. The van der Waals surface area contributed by atoms with Crippen LogP contribution in [-0.4, -0.2) is 38.5 Å².